The molecule has 3 rings (SSSR count). The van der Waals surface area contributed by atoms with Crippen LogP contribution < -0.4 is 10.1 Å². The van der Waals surface area contributed by atoms with Crippen LogP contribution >= 0.6 is 11.3 Å². The summed E-state index contributed by atoms with van der Waals surface area (Å²) in [5.74, 6) is 1.01. The third-order valence-electron chi connectivity index (χ3n) is 3.57. The number of fused-ring (bicyclic) bond motifs is 1. The summed E-state index contributed by atoms with van der Waals surface area (Å²) < 4.78 is 5.82. The fraction of sp³-hybridized carbons (Fsp3) is 0.222. The van der Waals surface area contributed by atoms with Gasteiger partial charge in [-0.05, 0) is 35.2 Å². The van der Waals surface area contributed by atoms with Crippen LogP contribution in [0.4, 0.5) is 0 Å². The molecule has 0 saturated carbocycles. The second-order valence-corrected chi connectivity index (χ2v) is 6.00. The van der Waals surface area contributed by atoms with Gasteiger partial charge >= 0.3 is 0 Å². The molecule has 1 heterocycles. The minimum Gasteiger partial charge on any atom is -0.493 e. The monoisotopic (exact) mass is 298 g/mol. The fourth-order valence-corrected chi connectivity index (χ4v) is 3.31. The highest BCUT2D eigenvalue weighted by molar-refractivity contribution is 7.09. The van der Waals surface area contributed by atoms with E-state index < -0.39 is 0 Å². The molecule has 0 atom stereocenters. The molecule has 21 heavy (non-hydrogen) atoms. The fourth-order valence-electron chi connectivity index (χ4n) is 2.60. The lowest BCUT2D eigenvalue weighted by atomic mass is 10.0. The highest BCUT2D eigenvalue weighted by atomic mass is 32.1. The van der Waals surface area contributed by atoms with Gasteiger partial charge in [0, 0.05) is 0 Å². The van der Waals surface area contributed by atoms with Crippen LogP contribution in [0.25, 0.3) is 10.8 Å². The van der Waals surface area contributed by atoms with Gasteiger partial charge < -0.3 is 10.1 Å². The van der Waals surface area contributed by atoms with Gasteiger partial charge in [-0.25, -0.2) is 0 Å². The molecule has 1 aromatic heterocycles. The molecule has 0 aliphatic heterocycles. The summed E-state index contributed by atoms with van der Waals surface area (Å²) >= 11 is 1.81. The van der Waals surface area contributed by atoms with E-state index in [1.165, 1.54) is 21.2 Å². The smallest absolute Gasteiger partial charge is 0.128 e. The Morgan fingerprint density at radius 1 is 1.00 bits per heavy atom. The highest BCUT2D eigenvalue weighted by Crippen LogP contribution is 2.27. The normalized spacial score (nSPS) is 10.9. The second-order valence-electron chi connectivity index (χ2n) is 4.97. The number of ether oxygens (including phenoxy) is 1. The van der Waals surface area contributed by atoms with Crippen molar-refractivity contribution in [2.45, 2.75) is 20.0 Å². The van der Waals surface area contributed by atoms with Crippen LogP contribution in [-0.4, -0.2) is 6.61 Å². The maximum atomic E-state index is 5.82. The maximum absolute atomic E-state index is 5.82. The zero-order valence-corrected chi connectivity index (χ0v) is 13.0. The van der Waals surface area contributed by atoms with Gasteiger partial charge in [-0.3, -0.25) is 0 Å². The van der Waals surface area contributed by atoms with Gasteiger partial charge in [-0.2, -0.15) is 0 Å². The molecule has 2 nitrogen and oxygen atoms in total. The van der Waals surface area contributed by atoms with Crippen LogP contribution in [0.1, 0.15) is 17.4 Å². The van der Waals surface area contributed by atoms with E-state index in [1.54, 1.807) is 0 Å². The van der Waals surface area contributed by atoms with E-state index in [2.05, 4.69) is 59.2 Å². The van der Waals surface area contributed by atoms with E-state index in [4.69, 9.17) is 4.74 Å². The number of quaternary nitrogens is 1. The van der Waals surface area contributed by atoms with E-state index in [-0.39, 0.29) is 0 Å². The lowest BCUT2D eigenvalue weighted by molar-refractivity contribution is -0.685. The number of hydrogen-bond acceptors (Lipinski definition) is 2. The average Bonchev–Trinajstić information content (AvgIpc) is 3.02. The predicted molar refractivity (Wildman–Crippen MR) is 88.8 cm³/mol. The van der Waals surface area contributed by atoms with Crippen LogP contribution in [0.2, 0.25) is 0 Å². The Hall–Kier alpha value is -1.84. The van der Waals surface area contributed by atoms with E-state index in [1.807, 2.05) is 18.3 Å². The molecule has 2 aromatic carbocycles. The van der Waals surface area contributed by atoms with Crippen molar-refractivity contribution in [3.63, 3.8) is 0 Å². The van der Waals surface area contributed by atoms with Gasteiger partial charge in [0.1, 0.15) is 18.8 Å². The highest BCUT2D eigenvalue weighted by Gasteiger charge is 2.10. The van der Waals surface area contributed by atoms with Crippen LogP contribution in [-0.2, 0) is 13.1 Å². The largest absolute Gasteiger partial charge is 0.493 e. The molecule has 0 unspecified atom stereocenters. The van der Waals surface area contributed by atoms with Crippen LogP contribution in [0, 0.1) is 0 Å². The lowest BCUT2D eigenvalue weighted by Crippen LogP contribution is -2.80. The van der Waals surface area contributed by atoms with Crippen molar-refractivity contribution in [1.82, 2.24) is 0 Å². The second kappa shape index (κ2) is 6.74. The number of nitrogens with two attached hydrogens (primary N) is 1. The molecule has 0 radical (unpaired) electrons. The van der Waals surface area contributed by atoms with Crippen molar-refractivity contribution < 1.29 is 10.1 Å². The molecule has 0 spiro atoms. The number of thiophene rings is 1. The molecule has 0 aliphatic rings. The first kappa shape index (κ1) is 14.1. The summed E-state index contributed by atoms with van der Waals surface area (Å²) in [5, 5.41) is 7.05. The molecule has 2 N–H and O–H groups in total. The van der Waals surface area contributed by atoms with Crippen molar-refractivity contribution in [3.05, 3.63) is 64.4 Å². The zero-order valence-electron chi connectivity index (χ0n) is 12.2. The van der Waals surface area contributed by atoms with Crippen LogP contribution in [0.15, 0.2) is 53.9 Å². The summed E-state index contributed by atoms with van der Waals surface area (Å²) in [6.07, 6.45) is 0. The van der Waals surface area contributed by atoms with Gasteiger partial charge in [-0.15, -0.1) is 11.3 Å². The Morgan fingerprint density at radius 2 is 1.90 bits per heavy atom. The minimum atomic E-state index is 0.705. The summed E-state index contributed by atoms with van der Waals surface area (Å²) in [5.41, 5.74) is 1.30. The summed E-state index contributed by atoms with van der Waals surface area (Å²) in [7, 11) is 0. The quantitative estimate of drug-likeness (QED) is 0.740. The van der Waals surface area contributed by atoms with Crippen molar-refractivity contribution in [1.29, 1.82) is 0 Å². The summed E-state index contributed by atoms with van der Waals surface area (Å²) in [6.45, 7) is 4.70. The third-order valence-corrected chi connectivity index (χ3v) is 4.47. The molecule has 3 aromatic rings. The standard InChI is InChI=1S/C18H19NOS/c1-2-20-18-10-9-14-6-3-4-8-16(14)17(18)13-19-12-15-7-5-11-21-15/h3-11,19H,2,12-13H2,1H3/p+1. The van der Waals surface area contributed by atoms with Crippen molar-refractivity contribution in [3.8, 4) is 5.75 Å². The Morgan fingerprint density at radius 3 is 2.71 bits per heavy atom. The van der Waals surface area contributed by atoms with Gasteiger partial charge in [0.25, 0.3) is 0 Å². The Balaban J connectivity index is 1.85. The number of hydrogen-bond donors (Lipinski definition) is 1. The van der Waals surface area contributed by atoms with Gasteiger partial charge in [0.2, 0.25) is 0 Å². The molecule has 0 fully saturated rings. The maximum Gasteiger partial charge on any atom is 0.128 e. The van der Waals surface area contributed by atoms with E-state index in [9.17, 15) is 0 Å². The van der Waals surface area contributed by atoms with E-state index >= 15 is 0 Å². The summed E-state index contributed by atoms with van der Waals surface area (Å²) in [6, 6.07) is 17.1. The molecule has 108 valence electrons. The lowest BCUT2D eigenvalue weighted by Gasteiger charge is -2.12. The first-order valence-corrected chi connectivity index (χ1v) is 8.24. The third kappa shape index (κ3) is 3.26. The molecule has 3 heteroatoms. The minimum absolute atomic E-state index is 0.705. The molecular formula is C18H20NOS+. The topological polar surface area (TPSA) is 25.8 Å². The average molecular weight is 298 g/mol. The first-order chi connectivity index (χ1) is 10.4. The number of rotatable bonds is 6. The molecule has 0 amide bonds. The molecule has 0 aliphatic carbocycles. The SMILES string of the molecule is CCOc1ccc2ccccc2c1C[NH2+]Cc1cccs1. The van der Waals surface area contributed by atoms with Crippen LogP contribution in [0.3, 0.4) is 0 Å². The van der Waals surface area contributed by atoms with Gasteiger partial charge in [-0.1, -0.05) is 36.4 Å². The Labute approximate surface area is 129 Å². The van der Waals surface area contributed by atoms with Crippen molar-refractivity contribution >= 4 is 22.1 Å². The zero-order chi connectivity index (χ0) is 14.5. The van der Waals surface area contributed by atoms with Crippen molar-refractivity contribution in [2.24, 2.45) is 0 Å². The first-order valence-electron chi connectivity index (χ1n) is 7.36. The predicted octanol–water partition coefficient (Wildman–Crippen LogP) is 3.56. The van der Waals surface area contributed by atoms with Crippen LogP contribution in [0.5, 0.6) is 5.75 Å². The van der Waals surface area contributed by atoms with Crippen molar-refractivity contribution in [2.75, 3.05) is 6.61 Å². The van der Waals surface area contributed by atoms with Gasteiger partial charge in [0.05, 0.1) is 17.0 Å². The van der Waals surface area contributed by atoms with Gasteiger partial charge in [0.15, 0.2) is 0 Å². The van der Waals surface area contributed by atoms with E-state index in [0.29, 0.717) is 6.61 Å². The summed E-state index contributed by atoms with van der Waals surface area (Å²) in [4.78, 5) is 1.41. The Bertz CT molecular complexity index is 706. The Kier molecular flexibility index (Phi) is 4.53. The van der Waals surface area contributed by atoms with E-state index in [0.717, 1.165) is 18.8 Å². The molecule has 0 saturated heterocycles. The molecular weight excluding hydrogens is 278 g/mol. The molecule has 0 bridgehead atoms. The number of benzene rings is 2.